The summed E-state index contributed by atoms with van der Waals surface area (Å²) in [6.45, 7) is 9.95. The lowest BCUT2D eigenvalue weighted by molar-refractivity contribution is -0.216. The molecule has 0 amide bonds. The zero-order valence-corrected chi connectivity index (χ0v) is 27.1. The van der Waals surface area contributed by atoms with Gasteiger partial charge in [0.15, 0.2) is 23.2 Å². The van der Waals surface area contributed by atoms with Crippen LogP contribution in [0.3, 0.4) is 0 Å². The first-order chi connectivity index (χ1) is 21.7. The van der Waals surface area contributed by atoms with Crippen LogP contribution in [0.5, 0.6) is 5.75 Å². The van der Waals surface area contributed by atoms with Gasteiger partial charge < -0.3 is 29.2 Å². The van der Waals surface area contributed by atoms with Crippen LogP contribution in [0.4, 0.5) is 5.95 Å². The van der Waals surface area contributed by atoms with Crippen LogP contribution in [0.15, 0.2) is 53.6 Å². The van der Waals surface area contributed by atoms with E-state index in [1.807, 2.05) is 30.3 Å². The largest absolute Gasteiger partial charge is 0.462 e. The number of imidazole rings is 1. The number of hydrogen-bond donors (Lipinski definition) is 3. The number of aromatic nitrogens is 4. The number of carbonyl (C=O) groups is 1. The van der Waals surface area contributed by atoms with Crippen LogP contribution >= 0.6 is 7.75 Å². The van der Waals surface area contributed by atoms with Gasteiger partial charge in [0.05, 0.1) is 19.0 Å². The van der Waals surface area contributed by atoms with E-state index in [-0.39, 0.29) is 35.6 Å². The number of nitrogens with two attached hydrogens (primary N) is 1. The Morgan fingerprint density at radius 1 is 1.17 bits per heavy atom. The number of carbonyl (C=O) groups excluding carboxylic acids is 1. The van der Waals surface area contributed by atoms with Gasteiger partial charge in [-0.3, -0.25) is 23.7 Å². The molecule has 0 aliphatic carbocycles. The summed E-state index contributed by atoms with van der Waals surface area (Å²) in [5, 5.41) is 4.28. The quantitative estimate of drug-likeness (QED) is 0.165. The molecule has 15 nitrogen and oxygen atoms in total. The fraction of sp³-hybridized carbons (Fsp3) is 0.467. The predicted octanol–water partition coefficient (Wildman–Crippen LogP) is 3.80. The summed E-state index contributed by atoms with van der Waals surface area (Å²) in [5.74, 6) is -1.47. The molecule has 2 aromatic carbocycles. The molecule has 2 saturated heterocycles. The lowest BCUT2D eigenvalue weighted by atomic mass is 9.96. The van der Waals surface area contributed by atoms with E-state index in [1.165, 1.54) is 13.3 Å². The van der Waals surface area contributed by atoms with E-state index >= 15 is 0 Å². The minimum Gasteiger partial charge on any atom is -0.462 e. The Balaban J connectivity index is 1.32. The molecule has 6 rings (SSSR count). The number of nitrogens with zero attached hydrogens (tertiary/aromatic N) is 3. The molecule has 6 atom stereocenters. The van der Waals surface area contributed by atoms with Crippen molar-refractivity contribution in [1.29, 1.82) is 0 Å². The van der Waals surface area contributed by atoms with Crippen LogP contribution in [0.2, 0.25) is 0 Å². The highest BCUT2D eigenvalue weighted by Crippen LogP contribution is 2.53. The van der Waals surface area contributed by atoms with E-state index in [9.17, 15) is 14.2 Å². The molecule has 1 unspecified atom stereocenters. The number of anilines is 1. The Hall–Kier alpha value is -3.85. The molecular weight excluding hydrogens is 619 g/mol. The van der Waals surface area contributed by atoms with Crippen LogP contribution < -0.4 is 20.9 Å². The van der Waals surface area contributed by atoms with Gasteiger partial charge in [0.2, 0.25) is 5.95 Å². The van der Waals surface area contributed by atoms with Crippen molar-refractivity contribution in [3.63, 3.8) is 0 Å². The number of hydrogen-bond acceptors (Lipinski definition) is 12. The average Bonchev–Trinajstić information content (AvgIpc) is 3.58. The van der Waals surface area contributed by atoms with E-state index in [0.717, 1.165) is 5.39 Å². The molecule has 4 heterocycles. The maximum absolute atomic E-state index is 14.5. The van der Waals surface area contributed by atoms with Gasteiger partial charge in [0.1, 0.15) is 29.6 Å². The number of benzene rings is 2. The number of nitrogens with one attached hydrogen (secondary N) is 2. The number of rotatable bonds is 10. The Kier molecular flexibility index (Phi) is 8.20. The summed E-state index contributed by atoms with van der Waals surface area (Å²) in [6.07, 6.45) is -1.48. The van der Waals surface area contributed by atoms with Crippen molar-refractivity contribution in [2.75, 3.05) is 12.3 Å². The van der Waals surface area contributed by atoms with Crippen LogP contribution in [0.1, 0.15) is 47.8 Å². The number of fused-ring (bicyclic) bond motifs is 3. The van der Waals surface area contributed by atoms with E-state index in [1.54, 1.807) is 51.3 Å². The second-order valence-corrected chi connectivity index (χ2v) is 13.9. The third-order valence-electron chi connectivity index (χ3n) is 7.71. The van der Waals surface area contributed by atoms with Crippen molar-refractivity contribution in [2.24, 2.45) is 0 Å². The van der Waals surface area contributed by atoms with Crippen LogP contribution in [0, 0.1) is 0 Å². The number of H-pyrrole nitrogens is 1. The number of aromatic amines is 1. The summed E-state index contributed by atoms with van der Waals surface area (Å²) >= 11 is 0. The van der Waals surface area contributed by atoms with E-state index in [0.29, 0.717) is 5.39 Å². The SMILES string of the molecule is CC(C)OC(=O)[C@H](C)NP(=O)(OC[C@H]1O[C@@H](n2cnc3c(=O)[nH]c(N)nc32)[C@]2(C)OC(C)(C)O[C@H]12)Oc1cccc2ccccc12. The monoisotopic (exact) mass is 656 g/mol. The minimum absolute atomic E-state index is 0.0651. The minimum atomic E-state index is -4.29. The van der Waals surface area contributed by atoms with Gasteiger partial charge in [0.25, 0.3) is 5.56 Å². The molecule has 4 aromatic rings. The summed E-state index contributed by atoms with van der Waals surface area (Å²) in [6, 6.07) is 11.7. The summed E-state index contributed by atoms with van der Waals surface area (Å²) in [4.78, 5) is 36.1. The summed E-state index contributed by atoms with van der Waals surface area (Å²) in [5.41, 5.74) is 4.44. The first-order valence-electron chi connectivity index (χ1n) is 14.8. The van der Waals surface area contributed by atoms with Crippen molar-refractivity contribution in [1.82, 2.24) is 24.6 Å². The molecule has 2 aliphatic rings. The first-order valence-corrected chi connectivity index (χ1v) is 16.4. The Morgan fingerprint density at radius 3 is 2.67 bits per heavy atom. The van der Waals surface area contributed by atoms with E-state index < -0.39 is 55.1 Å². The van der Waals surface area contributed by atoms with Gasteiger partial charge in [-0.2, -0.15) is 10.1 Å². The lowest BCUT2D eigenvalue weighted by Gasteiger charge is -2.30. The van der Waals surface area contributed by atoms with E-state index in [4.69, 9.17) is 33.7 Å². The zero-order valence-electron chi connectivity index (χ0n) is 26.3. The van der Waals surface area contributed by atoms with Gasteiger partial charge in [0, 0.05) is 5.39 Å². The second-order valence-electron chi connectivity index (χ2n) is 12.2. The van der Waals surface area contributed by atoms with E-state index in [2.05, 4.69) is 20.0 Å². The van der Waals surface area contributed by atoms with Gasteiger partial charge in [-0.05, 0) is 53.0 Å². The van der Waals surface area contributed by atoms with Crippen LogP contribution in [0.25, 0.3) is 21.9 Å². The van der Waals surface area contributed by atoms with Gasteiger partial charge in [-0.25, -0.2) is 9.55 Å². The summed E-state index contributed by atoms with van der Waals surface area (Å²) < 4.78 is 52.5. The molecule has 2 aliphatic heterocycles. The number of ether oxygens (including phenoxy) is 4. The zero-order chi connectivity index (χ0) is 33.0. The van der Waals surface area contributed by atoms with Gasteiger partial charge in [-0.1, -0.05) is 36.4 Å². The maximum atomic E-state index is 14.5. The molecule has 4 N–H and O–H groups in total. The topological polar surface area (TPSA) is 191 Å². The Morgan fingerprint density at radius 2 is 1.91 bits per heavy atom. The lowest BCUT2D eigenvalue weighted by Crippen LogP contribution is -2.42. The van der Waals surface area contributed by atoms with Gasteiger partial charge in [-0.15, -0.1) is 0 Å². The van der Waals surface area contributed by atoms with Crippen molar-refractivity contribution < 1.29 is 37.4 Å². The standard InChI is InChI=1S/C30H37N6O9P/c1-16(2)41-26(38)17(3)35-46(39,44-20-13-9-11-18-10-7-8-12-19(18)20)40-14-21-23-30(6,45-29(4,5)43-23)27(42-21)36-15-32-22-24(36)33-28(31)34-25(22)37/h7-13,15-17,21,23,27H,14H2,1-6H3,(H,35,39)(H3,31,33,34,37)/t17-,21+,23+,27+,30+,46?/m0/s1. The molecule has 16 heteroatoms. The molecule has 0 bridgehead atoms. The highest BCUT2D eigenvalue weighted by molar-refractivity contribution is 7.52. The van der Waals surface area contributed by atoms with Crippen LogP contribution in [-0.2, 0) is 32.8 Å². The van der Waals surface area contributed by atoms with Gasteiger partial charge >= 0.3 is 13.7 Å². The summed E-state index contributed by atoms with van der Waals surface area (Å²) in [7, 11) is -4.29. The second kappa shape index (κ2) is 11.7. The molecular formula is C30H37N6O9P. The molecule has 0 saturated carbocycles. The Bertz CT molecular complexity index is 1890. The fourth-order valence-electron chi connectivity index (χ4n) is 5.92. The molecule has 0 radical (unpaired) electrons. The predicted molar refractivity (Wildman–Crippen MR) is 167 cm³/mol. The van der Waals surface area contributed by atoms with Crippen molar-refractivity contribution in [2.45, 2.75) is 83.5 Å². The van der Waals surface area contributed by atoms with Crippen molar-refractivity contribution in [3.05, 3.63) is 59.1 Å². The highest BCUT2D eigenvalue weighted by Gasteiger charge is 2.64. The molecule has 2 fully saturated rings. The first kappa shape index (κ1) is 32.1. The highest BCUT2D eigenvalue weighted by atomic mass is 31.2. The molecule has 2 aromatic heterocycles. The van der Waals surface area contributed by atoms with Crippen molar-refractivity contribution >= 4 is 41.6 Å². The number of esters is 1. The average molecular weight is 657 g/mol. The number of nitrogen functional groups attached to an aromatic ring is 1. The molecule has 0 spiro atoms. The third-order valence-corrected chi connectivity index (χ3v) is 9.34. The fourth-order valence-corrected chi connectivity index (χ4v) is 7.44. The third kappa shape index (κ3) is 6.01. The Labute approximate surface area is 264 Å². The normalized spacial score (nSPS) is 25.8. The molecule has 246 valence electrons. The molecule has 46 heavy (non-hydrogen) atoms. The maximum Gasteiger partial charge on any atom is 0.459 e. The van der Waals surface area contributed by atoms with Crippen LogP contribution in [-0.4, -0.2) is 67.8 Å². The smallest absolute Gasteiger partial charge is 0.459 e. The van der Waals surface area contributed by atoms with Crippen molar-refractivity contribution in [3.8, 4) is 5.75 Å².